The molecule has 0 spiro atoms. The van der Waals surface area contributed by atoms with E-state index < -0.39 is 0 Å². The Bertz CT molecular complexity index is 581. The molecule has 0 aliphatic heterocycles. The maximum atomic E-state index is 11.1. The minimum atomic E-state index is 0.491. The number of aldehydes is 1. The highest BCUT2D eigenvalue weighted by Gasteiger charge is 2.29. The van der Waals surface area contributed by atoms with Gasteiger partial charge in [-0.05, 0) is 25.3 Å². The zero-order valence-corrected chi connectivity index (χ0v) is 9.79. The third-order valence-corrected chi connectivity index (χ3v) is 3.62. The Hall–Kier alpha value is -1.28. The molecule has 0 N–H and O–H groups in total. The zero-order chi connectivity index (χ0) is 11.3. The van der Waals surface area contributed by atoms with Crippen molar-refractivity contribution in [3.05, 3.63) is 34.5 Å². The second kappa shape index (κ2) is 3.36. The van der Waals surface area contributed by atoms with Crippen LogP contribution < -0.4 is 0 Å². The first kappa shape index (κ1) is 9.91. The van der Waals surface area contributed by atoms with Crippen molar-refractivity contribution >= 4 is 28.8 Å². The van der Waals surface area contributed by atoms with Crippen molar-refractivity contribution in [3.8, 4) is 0 Å². The molecule has 1 aliphatic rings. The summed E-state index contributed by atoms with van der Waals surface area (Å²) in [6.07, 6.45) is 3.19. The molecule has 1 aromatic heterocycles. The van der Waals surface area contributed by atoms with E-state index in [4.69, 9.17) is 11.6 Å². The van der Waals surface area contributed by atoms with Crippen LogP contribution in [-0.4, -0.2) is 10.9 Å². The summed E-state index contributed by atoms with van der Waals surface area (Å²) in [6.45, 7) is 2.06. The smallest absolute Gasteiger partial charge is 0.153 e. The average Bonchev–Trinajstić information content (AvgIpc) is 3.04. The third kappa shape index (κ3) is 1.23. The van der Waals surface area contributed by atoms with Crippen LogP contribution in [0.15, 0.2) is 18.2 Å². The summed E-state index contributed by atoms with van der Waals surface area (Å²) in [7, 11) is 0. The Morgan fingerprint density at radius 3 is 2.81 bits per heavy atom. The van der Waals surface area contributed by atoms with Gasteiger partial charge in [0.1, 0.15) is 5.15 Å². The number of fused-ring (bicyclic) bond motifs is 1. The molecule has 2 aromatic rings. The molecule has 1 aliphatic carbocycles. The second-order valence-electron chi connectivity index (χ2n) is 4.39. The topological polar surface area (TPSA) is 22.0 Å². The van der Waals surface area contributed by atoms with Crippen LogP contribution in [-0.2, 0) is 0 Å². The lowest BCUT2D eigenvalue weighted by Gasteiger charge is -2.06. The van der Waals surface area contributed by atoms with Crippen molar-refractivity contribution in [2.24, 2.45) is 0 Å². The number of halogens is 1. The Morgan fingerprint density at radius 2 is 2.19 bits per heavy atom. The molecule has 0 amide bonds. The maximum absolute atomic E-state index is 11.1. The molecule has 1 fully saturated rings. The summed E-state index contributed by atoms with van der Waals surface area (Å²) in [5, 5.41) is 1.58. The predicted octanol–water partition coefficient (Wildman–Crippen LogP) is 3.75. The zero-order valence-electron chi connectivity index (χ0n) is 9.03. The molecular formula is C13H12ClNO. The van der Waals surface area contributed by atoms with Gasteiger partial charge in [0.15, 0.2) is 6.29 Å². The Labute approximate surface area is 98.8 Å². The fourth-order valence-electron chi connectivity index (χ4n) is 2.32. The van der Waals surface area contributed by atoms with E-state index in [0.717, 1.165) is 30.0 Å². The van der Waals surface area contributed by atoms with E-state index in [1.165, 1.54) is 5.56 Å². The quantitative estimate of drug-likeness (QED) is 0.724. The van der Waals surface area contributed by atoms with Crippen LogP contribution in [0.4, 0.5) is 0 Å². The fraction of sp³-hybridized carbons (Fsp3) is 0.308. The predicted molar refractivity (Wildman–Crippen MR) is 65.3 cm³/mol. The van der Waals surface area contributed by atoms with Crippen LogP contribution in [0.25, 0.3) is 10.9 Å². The van der Waals surface area contributed by atoms with Crippen LogP contribution in [0.5, 0.6) is 0 Å². The SMILES string of the molecule is Cc1cccc2c(C=O)c(Cl)n(C3CC3)c12. The average molecular weight is 234 g/mol. The summed E-state index contributed by atoms with van der Waals surface area (Å²) in [5.74, 6) is 0. The van der Waals surface area contributed by atoms with Gasteiger partial charge in [0.2, 0.25) is 0 Å². The van der Waals surface area contributed by atoms with Gasteiger partial charge in [-0.15, -0.1) is 0 Å². The van der Waals surface area contributed by atoms with E-state index in [1.807, 2.05) is 12.1 Å². The number of aryl methyl sites for hydroxylation is 1. The Morgan fingerprint density at radius 1 is 1.44 bits per heavy atom. The monoisotopic (exact) mass is 233 g/mol. The van der Waals surface area contributed by atoms with Crippen LogP contribution in [0.3, 0.4) is 0 Å². The van der Waals surface area contributed by atoms with Gasteiger partial charge >= 0.3 is 0 Å². The fourth-order valence-corrected chi connectivity index (χ4v) is 2.69. The summed E-state index contributed by atoms with van der Waals surface area (Å²) in [6, 6.07) is 6.49. The highest BCUT2D eigenvalue weighted by molar-refractivity contribution is 6.34. The minimum absolute atomic E-state index is 0.491. The van der Waals surface area contributed by atoms with Crippen LogP contribution in [0, 0.1) is 6.92 Å². The molecule has 1 aromatic carbocycles. The van der Waals surface area contributed by atoms with E-state index in [0.29, 0.717) is 16.8 Å². The molecule has 0 bridgehead atoms. The molecule has 1 saturated carbocycles. The highest BCUT2D eigenvalue weighted by Crippen LogP contribution is 2.43. The largest absolute Gasteiger partial charge is 0.328 e. The van der Waals surface area contributed by atoms with Gasteiger partial charge < -0.3 is 4.57 Å². The summed E-state index contributed by atoms with van der Waals surface area (Å²) in [4.78, 5) is 11.1. The van der Waals surface area contributed by atoms with E-state index in [-0.39, 0.29) is 0 Å². The number of para-hydroxylation sites is 1. The Kier molecular flexibility index (Phi) is 2.08. The highest BCUT2D eigenvalue weighted by atomic mass is 35.5. The van der Waals surface area contributed by atoms with Crippen molar-refractivity contribution in [3.63, 3.8) is 0 Å². The number of rotatable bonds is 2. The molecular weight excluding hydrogens is 222 g/mol. The lowest BCUT2D eigenvalue weighted by Crippen LogP contribution is -1.94. The van der Waals surface area contributed by atoms with E-state index in [1.54, 1.807) is 0 Å². The third-order valence-electron chi connectivity index (χ3n) is 3.23. The van der Waals surface area contributed by atoms with Crippen molar-refractivity contribution < 1.29 is 4.79 Å². The molecule has 82 valence electrons. The van der Waals surface area contributed by atoms with Crippen molar-refractivity contribution in [1.29, 1.82) is 0 Å². The minimum Gasteiger partial charge on any atom is -0.328 e. The molecule has 0 radical (unpaired) electrons. The van der Waals surface area contributed by atoms with Crippen molar-refractivity contribution in [1.82, 2.24) is 4.57 Å². The van der Waals surface area contributed by atoms with Crippen molar-refractivity contribution in [2.75, 3.05) is 0 Å². The van der Waals surface area contributed by atoms with Crippen LogP contribution in [0.2, 0.25) is 5.15 Å². The second-order valence-corrected chi connectivity index (χ2v) is 4.75. The lowest BCUT2D eigenvalue weighted by molar-refractivity contribution is 0.112. The molecule has 0 atom stereocenters. The standard InChI is InChI=1S/C13H12ClNO/c1-8-3-2-4-10-11(7-16)13(14)15(12(8)10)9-5-6-9/h2-4,7,9H,5-6H2,1H3. The molecule has 3 rings (SSSR count). The van der Waals surface area contributed by atoms with E-state index >= 15 is 0 Å². The molecule has 2 nitrogen and oxygen atoms in total. The number of carbonyl (C=O) groups is 1. The van der Waals surface area contributed by atoms with Gasteiger partial charge in [-0.1, -0.05) is 29.8 Å². The normalized spacial score (nSPS) is 15.6. The lowest BCUT2D eigenvalue weighted by atomic mass is 10.1. The first-order valence-corrected chi connectivity index (χ1v) is 5.86. The van der Waals surface area contributed by atoms with Gasteiger partial charge in [-0.25, -0.2) is 0 Å². The number of benzene rings is 1. The van der Waals surface area contributed by atoms with Crippen LogP contribution >= 0.6 is 11.6 Å². The molecule has 0 unspecified atom stereocenters. The van der Waals surface area contributed by atoms with Gasteiger partial charge in [0, 0.05) is 11.4 Å². The first-order chi connectivity index (χ1) is 7.74. The van der Waals surface area contributed by atoms with E-state index in [2.05, 4.69) is 17.6 Å². The number of nitrogens with zero attached hydrogens (tertiary/aromatic N) is 1. The summed E-state index contributed by atoms with van der Waals surface area (Å²) < 4.78 is 2.12. The molecule has 0 saturated heterocycles. The molecule has 1 heterocycles. The number of hydrogen-bond acceptors (Lipinski definition) is 1. The van der Waals surface area contributed by atoms with Gasteiger partial charge in [0.25, 0.3) is 0 Å². The first-order valence-electron chi connectivity index (χ1n) is 5.48. The number of hydrogen-bond donors (Lipinski definition) is 0. The molecule has 16 heavy (non-hydrogen) atoms. The van der Waals surface area contributed by atoms with Crippen molar-refractivity contribution in [2.45, 2.75) is 25.8 Å². The molecule has 3 heteroatoms. The number of aromatic nitrogens is 1. The van der Waals surface area contributed by atoms with Crippen LogP contribution in [0.1, 0.15) is 34.8 Å². The van der Waals surface area contributed by atoms with Gasteiger partial charge in [-0.3, -0.25) is 4.79 Å². The maximum Gasteiger partial charge on any atom is 0.153 e. The Balaban J connectivity index is 2.46. The van der Waals surface area contributed by atoms with Gasteiger partial charge in [0.05, 0.1) is 11.1 Å². The van der Waals surface area contributed by atoms with Gasteiger partial charge in [-0.2, -0.15) is 0 Å². The summed E-state index contributed by atoms with van der Waals surface area (Å²) in [5.41, 5.74) is 2.93. The summed E-state index contributed by atoms with van der Waals surface area (Å²) >= 11 is 6.29. The number of carbonyl (C=O) groups excluding carboxylic acids is 1. The van der Waals surface area contributed by atoms with E-state index in [9.17, 15) is 4.79 Å².